The molecule has 1 aliphatic rings. The summed E-state index contributed by atoms with van der Waals surface area (Å²) in [6, 6.07) is 8.81. The molecule has 3 heterocycles. The molecule has 0 N–H and O–H groups in total. The van der Waals surface area contributed by atoms with Crippen molar-refractivity contribution in [3.8, 4) is 0 Å². The number of carbonyl (C=O) groups is 1. The van der Waals surface area contributed by atoms with Gasteiger partial charge in [0.25, 0.3) is 10.0 Å². The summed E-state index contributed by atoms with van der Waals surface area (Å²) >= 11 is 2.69. The third-order valence-corrected chi connectivity index (χ3v) is 10.2. The van der Waals surface area contributed by atoms with Gasteiger partial charge in [0, 0.05) is 19.6 Å². The molecule has 10 heteroatoms. The van der Waals surface area contributed by atoms with Crippen LogP contribution in [0.25, 0.3) is 10.2 Å². The van der Waals surface area contributed by atoms with E-state index in [0.29, 0.717) is 31.2 Å². The molecule has 1 aliphatic heterocycles. The molecule has 4 rings (SSSR count). The van der Waals surface area contributed by atoms with E-state index in [0.717, 1.165) is 29.5 Å². The Balaban J connectivity index is 1.69. The highest BCUT2D eigenvalue weighted by molar-refractivity contribution is 7.91. The zero-order valence-electron chi connectivity index (χ0n) is 19.2. The highest BCUT2D eigenvalue weighted by Gasteiger charge is 2.40. The van der Waals surface area contributed by atoms with E-state index >= 15 is 0 Å². The van der Waals surface area contributed by atoms with E-state index in [4.69, 9.17) is 4.98 Å². The van der Waals surface area contributed by atoms with E-state index in [-0.39, 0.29) is 10.1 Å². The SMILES string of the molecule is CCc1ccc2nc(N(CCN(C)C)C(=O)C3CCCCN3S(=O)(=O)c3cccs3)sc2c1. The van der Waals surface area contributed by atoms with Gasteiger partial charge in [-0.25, -0.2) is 13.4 Å². The fourth-order valence-electron chi connectivity index (χ4n) is 4.04. The maximum atomic E-state index is 13.9. The van der Waals surface area contributed by atoms with Gasteiger partial charge in [0.1, 0.15) is 10.3 Å². The number of thiazole rings is 1. The summed E-state index contributed by atoms with van der Waals surface area (Å²) in [6.45, 7) is 3.58. The molecule has 1 saturated heterocycles. The van der Waals surface area contributed by atoms with Gasteiger partial charge in [-0.2, -0.15) is 4.31 Å². The fraction of sp³-hybridized carbons (Fsp3) is 0.478. The molecule has 178 valence electrons. The van der Waals surface area contributed by atoms with E-state index in [9.17, 15) is 13.2 Å². The van der Waals surface area contributed by atoms with Crippen molar-refractivity contribution in [2.75, 3.05) is 38.6 Å². The van der Waals surface area contributed by atoms with Crippen molar-refractivity contribution < 1.29 is 13.2 Å². The number of hydrogen-bond acceptors (Lipinski definition) is 7. The van der Waals surface area contributed by atoms with Crippen LogP contribution in [-0.4, -0.2) is 68.3 Å². The number of carbonyl (C=O) groups excluding carboxylic acids is 1. The maximum absolute atomic E-state index is 13.9. The third kappa shape index (κ3) is 5.14. The predicted octanol–water partition coefficient (Wildman–Crippen LogP) is 4.06. The molecule has 3 aromatic rings. The largest absolute Gasteiger partial charge is 0.308 e. The first-order valence-electron chi connectivity index (χ1n) is 11.2. The van der Waals surface area contributed by atoms with Crippen molar-refractivity contribution in [2.24, 2.45) is 0 Å². The number of rotatable bonds is 8. The van der Waals surface area contributed by atoms with Crippen LogP contribution in [0, 0.1) is 0 Å². The number of likely N-dealkylation sites (N-methyl/N-ethyl adjacent to an activating group) is 1. The summed E-state index contributed by atoms with van der Waals surface area (Å²) < 4.78 is 29.4. The predicted molar refractivity (Wildman–Crippen MR) is 136 cm³/mol. The van der Waals surface area contributed by atoms with E-state index in [1.807, 2.05) is 25.1 Å². The lowest BCUT2D eigenvalue weighted by Crippen LogP contribution is -2.53. The van der Waals surface area contributed by atoms with Gasteiger partial charge in [-0.15, -0.1) is 11.3 Å². The van der Waals surface area contributed by atoms with Crippen molar-refractivity contribution in [1.29, 1.82) is 0 Å². The quantitative estimate of drug-likeness (QED) is 0.461. The number of anilines is 1. The Labute approximate surface area is 203 Å². The van der Waals surface area contributed by atoms with Crippen LogP contribution < -0.4 is 4.90 Å². The number of piperidine rings is 1. The molecule has 2 aromatic heterocycles. The van der Waals surface area contributed by atoms with Crippen LogP contribution in [0.2, 0.25) is 0 Å². The number of hydrogen-bond donors (Lipinski definition) is 0. The van der Waals surface area contributed by atoms with E-state index in [1.165, 1.54) is 32.5 Å². The van der Waals surface area contributed by atoms with Crippen molar-refractivity contribution in [3.05, 3.63) is 41.3 Å². The topological polar surface area (TPSA) is 73.8 Å². The van der Waals surface area contributed by atoms with Crippen molar-refractivity contribution >= 4 is 54.0 Å². The zero-order valence-corrected chi connectivity index (χ0v) is 21.7. The number of amides is 1. The summed E-state index contributed by atoms with van der Waals surface area (Å²) in [6.07, 6.45) is 3.04. The smallest absolute Gasteiger partial charge is 0.253 e. The molecule has 1 aromatic carbocycles. The standard InChI is InChI=1S/C23H30N4O3S3/c1-4-17-10-11-18-20(16-17)32-23(24-18)26(14-13-25(2)3)22(28)19-8-5-6-12-27(19)33(29,30)21-9-7-15-31-21/h7,9-11,15-16,19H,4-6,8,12-14H2,1-3H3. The minimum Gasteiger partial charge on any atom is -0.308 e. The van der Waals surface area contributed by atoms with Crippen LogP contribution in [0.15, 0.2) is 39.9 Å². The molecular weight excluding hydrogens is 476 g/mol. The molecular formula is C23H30N4O3S3. The summed E-state index contributed by atoms with van der Waals surface area (Å²) in [7, 11) is 0.205. The lowest BCUT2D eigenvalue weighted by Gasteiger charge is -2.36. The summed E-state index contributed by atoms with van der Waals surface area (Å²) in [4.78, 5) is 22.4. The molecule has 1 unspecified atom stereocenters. The number of benzene rings is 1. The third-order valence-electron chi connectivity index (χ3n) is 5.91. The van der Waals surface area contributed by atoms with E-state index < -0.39 is 16.1 Å². The zero-order chi connectivity index (χ0) is 23.6. The maximum Gasteiger partial charge on any atom is 0.253 e. The lowest BCUT2D eigenvalue weighted by molar-refractivity contribution is -0.123. The average Bonchev–Trinajstić information content (AvgIpc) is 3.49. The monoisotopic (exact) mass is 506 g/mol. The molecule has 7 nitrogen and oxygen atoms in total. The molecule has 33 heavy (non-hydrogen) atoms. The Morgan fingerprint density at radius 3 is 2.73 bits per heavy atom. The molecule has 1 atom stereocenters. The van der Waals surface area contributed by atoms with Crippen LogP contribution in [0.3, 0.4) is 0 Å². The second-order valence-corrected chi connectivity index (χ2v) is 12.6. The van der Waals surface area contributed by atoms with Crippen LogP contribution in [-0.2, 0) is 21.2 Å². The van der Waals surface area contributed by atoms with Gasteiger partial charge in [0.15, 0.2) is 5.13 Å². The van der Waals surface area contributed by atoms with Gasteiger partial charge >= 0.3 is 0 Å². The van der Waals surface area contributed by atoms with E-state index in [2.05, 4.69) is 19.1 Å². The minimum atomic E-state index is -3.72. The Kier molecular flexibility index (Phi) is 7.49. The van der Waals surface area contributed by atoms with Gasteiger partial charge in [-0.1, -0.05) is 36.8 Å². The Morgan fingerprint density at radius 1 is 1.21 bits per heavy atom. The van der Waals surface area contributed by atoms with Crippen molar-refractivity contribution in [2.45, 2.75) is 42.9 Å². The summed E-state index contributed by atoms with van der Waals surface area (Å²) in [5.41, 5.74) is 2.09. The van der Waals surface area contributed by atoms with Crippen LogP contribution in [0.1, 0.15) is 31.7 Å². The number of sulfonamides is 1. The van der Waals surface area contributed by atoms with Crippen LogP contribution >= 0.6 is 22.7 Å². The van der Waals surface area contributed by atoms with Gasteiger partial charge < -0.3 is 4.90 Å². The summed E-state index contributed by atoms with van der Waals surface area (Å²) in [5.74, 6) is -0.188. The second-order valence-electron chi connectivity index (χ2n) is 8.50. The molecule has 0 radical (unpaired) electrons. The Morgan fingerprint density at radius 2 is 2.03 bits per heavy atom. The van der Waals surface area contributed by atoms with Crippen molar-refractivity contribution in [1.82, 2.24) is 14.2 Å². The minimum absolute atomic E-state index is 0.188. The number of nitrogens with zero attached hydrogens (tertiary/aromatic N) is 4. The fourth-order valence-corrected chi connectivity index (χ4v) is 7.87. The van der Waals surface area contributed by atoms with Gasteiger partial charge in [-0.05, 0) is 62.5 Å². The van der Waals surface area contributed by atoms with Crippen LogP contribution in [0.4, 0.5) is 5.13 Å². The van der Waals surface area contributed by atoms with Crippen LogP contribution in [0.5, 0.6) is 0 Å². The summed E-state index contributed by atoms with van der Waals surface area (Å²) in [5, 5.41) is 2.38. The highest BCUT2D eigenvalue weighted by atomic mass is 32.2. The lowest BCUT2D eigenvalue weighted by atomic mass is 10.0. The van der Waals surface area contributed by atoms with Gasteiger partial charge in [0.05, 0.1) is 10.2 Å². The van der Waals surface area contributed by atoms with E-state index in [1.54, 1.807) is 22.4 Å². The number of fused-ring (bicyclic) bond motifs is 1. The second kappa shape index (κ2) is 10.2. The number of aromatic nitrogens is 1. The Bertz CT molecular complexity index is 1210. The molecule has 1 amide bonds. The number of thiophene rings is 1. The average molecular weight is 507 g/mol. The van der Waals surface area contributed by atoms with Crippen molar-refractivity contribution in [3.63, 3.8) is 0 Å². The first-order chi connectivity index (χ1) is 15.8. The van der Waals surface area contributed by atoms with Gasteiger partial charge in [0.2, 0.25) is 5.91 Å². The first-order valence-corrected chi connectivity index (χ1v) is 14.4. The highest BCUT2D eigenvalue weighted by Crippen LogP contribution is 2.33. The molecule has 0 saturated carbocycles. The molecule has 0 aliphatic carbocycles. The normalized spacial score (nSPS) is 17.6. The molecule has 1 fully saturated rings. The first kappa shape index (κ1) is 24.3. The van der Waals surface area contributed by atoms with Gasteiger partial charge in [-0.3, -0.25) is 9.69 Å². The molecule has 0 bridgehead atoms. The molecule has 0 spiro atoms. The number of aryl methyl sites for hydroxylation is 1. The Hall–Kier alpha value is -1.85.